The Balaban J connectivity index is 2.58. The molecule has 0 saturated carbocycles. The van der Waals surface area contributed by atoms with E-state index in [9.17, 15) is 18.0 Å². The zero-order chi connectivity index (χ0) is 15.9. The minimum atomic E-state index is -4.39. The molecule has 1 aromatic rings. The zero-order valence-corrected chi connectivity index (χ0v) is 11.8. The Morgan fingerprint density at radius 3 is 2.33 bits per heavy atom. The molecule has 0 spiro atoms. The number of amides is 1. The highest BCUT2D eigenvalue weighted by Crippen LogP contribution is 2.29. The predicted molar refractivity (Wildman–Crippen MR) is 73.9 cm³/mol. The third-order valence-corrected chi connectivity index (χ3v) is 2.82. The van der Waals surface area contributed by atoms with Crippen LogP contribution in [-0.2, 0) is 11.0 Å². The smallest absolute Gasteiger partial charge is 0.395 e. The molecule has 7 heteroatoms. The first-order valence-corrected chi connectivity index (χ1v) is 6.67. The van der Waals surface area contributed by atoms with Crippen molar-refractivity contribution in [2.24, 2.45) is 0 Å². The van der Waals surface area contributed by atoms with E-state index in [0.29, 0.717) is 18.8 Å². The van der Waals surface area contributed by atoms with Crippen molar-refractivity contribution < 1.29 is 23.1 Å². The van der Waals surface area contributed by atoms with E-state index in [0.717, 1.165) is 18.6 Å². The summed E-state index contributed by atoms with van der Waals surface area (Å²) < 4.78 is 37.2. The van der Waals surface area contributed by atoms with Gasteiger partial charge >= 0.3 is 6.18 Å². The first kappa shape index (κ1) is 17.5. The number of benzene rings is 1. The van der Waals surface area contributed by atoms with E-state index in [1.165, 1.54) is 12.1 Å². The van der Waals surface area contributed by atoms with Crippen LogP contribution in [0.4, 0.5) is 18.9 Å². The average molecular weight is 304 g/mol. The lowest BCUT2D eigenvalue weighted by Crippen LogP contribution is -2.35. The van der Waals surface area contributed by atoms with Gasteiger partial charge < -0.3 is 10.4 Å². The Hall–Kier alpha value is -1.60. The molecule has 1 rings (SSSR count). The van der Waals surface area contributed by atoms with Crippen LogP contribution in [-0.4, -0.2) is 42.2 Å². The standard InChI is InChI=1S/C14H19F3N2O2/c1-2-7-19(8-9-20)10-13(21)18-12-5-3-11(4-6-12)14(15,16)17/h3-6,20H,2,7-10H2,1H3,(H,18,21). The number of nitrogens with zero attached hydrogens (tertiary/aromatic N) is 1. The Morgan fingerprint density at radius 2 is 1.86 bits per heavy atom. The Kier molecular flexibility index (Phi) is 6.64. The van der Waals surface area contributed by atoms with Crippen molar-refractivity contribution in [1.29, 1.82) is 0 Å². The molecule has 0 bridgehead atoms. The maximum atomic E-state index is 12.4. The monoisotopic (exact) mass is 304 g/mol. The Morgan fingerprint density at radius 1 is 1.24 bits per heavy atom. The highest BCUT2D eigenvalue weighted by Gasteiger charge is 2.29. The quantitative estimate of drug-likeness (QED) is 0.813. The minimum absolute atomic E-state index is 0.0481. The van der Waals surface area contributed by atoms with E-state index < -0.39 is 11.7 Å². The molecule has 1 aromatic carbocycles. The molecular weight excluding hydrogens is 285 g/mol. The summed E-state index contributed by atoms with van der Waals surface area (Å²) in [6.45, 7) is 3.05. The molecule has 118 valence electrons. The molecule has 0 aliphatic carbocycles. The summed E-state index contributed by atoms with van der Waals surface area (Å²) in [6.07, 6.45) is -3.55. The zero-order valence-electron chi connectivity index (χ0n) is 11.8. The molecule has 0 heterocycles. The van der Waals surface area contributed by atoms with Crippen LogP contribution in [0.3, 0.4) is 0 Å². The van der Waals surface area contributed by atoms with Gasteiger partial charge in [0.15, 0.2) is 0 Å². The second kappa shape index (κ2) is 7.99. The molecule has 4 nitrogen and oxygen atoms in total. The summed E-state index contributed by atoms with van der Waals surface area (Å²) in [7, 11) is 0. The molecule has 0 unspecified atom stereocenters. The fourth-order valence-electron chi connectivity index (χ4n) is 1.87. The van der Waals surface area contributed by atoms with E-state index in [1.54, 1.807) is 4.90 Å². The molecule has 0 radical (unpaired) electrons. The molecule has 21 heavy (non-hydrogen) atoms. The lowest BCUT2D eigenvalue weighted by molar-refractivity contribution is -0.137. The van der Waals surface area contributed by atoms with Gasteiger partial charge in [-0.15, -0.1) is 0 Å². The number of hydrogen-bond donors (Lipinski definition) is 2. The van der Waals surface area contributed by atoms with Gasteiger partial charge in [-0.1, -0.05) is 6.92 Å². The summed E-state index contributed by atoms with van der Waals surface area (Å²) in [6, 6.07) is 4.29. The molecule has 0 aromatic heterocycles. The predicted octanol–water partition coefficient (Wildman–Crippen LogP) is 2.35. The van der Waals surface area contributed by atoms with Crippen LogP contribution in [0.1, 0.15) is 18.9 Å². The van der Waals surface area contributed by atoms with Gasteiger partial charge in [-0.2, -0.15) is 13.2 Å². The van der Waals surface area contributed by atoms with Crippen LogP contribution in [0.15, 0.2) is 24.3 Å². The maximum absolute atomic E-state index is 12.4. The minimum Gasteiger partial charge on any atom is -0.395 e. The van der Waals surface area contributed by atoms with E-state index in [-0.39, 0.29) is 19.1 Å². The fraction of sp³-hybridized carbons (Fsp3) is 0.500. The van der Waals surface area contributed by atoms with Gasteiger partial charge in [0.2, 0.25) is 5.91 Å². The summed E-state index contributed by atoms with van der Waals surface area (Å²) in [5, 5.41) is 11.4. The van der Waals surface area contributed by atoms with Crippen LogP contribution in [0, 0.1) is 0 Å². The largest absolute Gasteiger partial charge is 0.416 e. The number of hydrogen-bond acceptors (Lipinski definition) is 3. The van der Waals surface area contributed by atoms with E-state index in [4.69, 9.17) is 5.11 Å². The number of anilines is 1. The number of rotatable bonds is 7. The summed E-state index contributed by atoms with van der Waals surface area (Å²) in [5.41, 5.74) is -0.443. The van der Waals surface area contributed by atoms with Gasteiger partial charge in [0.05, 0.1) is 18.7 Å². The number of alkyl halides is 3. The third kappa shape index (κ3) is 6.14. The second-order valence-electron chi connectivity index (χ2n) is 4.62. The Bertz CT molecular complexity index is 441. The second-order valence-corrected chi connectivity index (χ2v) is 4.62. The molecule has 0 saturated heterocycles. The van der Waals surface area contributed by atoms with Gasteiger partial charge in [-0.05, 0) is 37.2 Å². The maximum Gasteiger partial charge on any atom is 0.416 e. The highest BCUT2D eigenvalue weighted by molar-refractivity contribution is 5.92. The summed E-state index contributed by atoms with van der Waals surface area (Å²) in [5.74, 6) is -0.323. The van der Waals surface area contributed by atoms with Gasteiger partial charge in [-0.3, -0.25) is 9.69 Å². The molecule has 0 aliphatic heterocycles. The lowest BCUT2D eigenvalue weighted by Gasteiger charge is -2.19. The fourth-order valence-corrected chi connectivity index (χ4v) is 1.87. The SMILES string of the molecule is CCCN(CCO)CC(=O)Nc1ccc(C(F)(F)F)cc1. The van der Waals surface area contributed by atoms with Crippen molar-refractivity contribution in [2.45, 2.75) is 19.5 Å². The summed E-state index contributed by atoms with van der Waals surface area (Å²) >= 11 is 0. The number of aliphatic hydroxyl groups excluding tert-OH is 1. The van der Waals surface area contributed by atoms with Crippen LogP contribution < -0.4 is 5.32 Å². The van der Waals surface area contributed by atoms with Gasteiger partial charge in [0.25, 0.3) is 0 Å². The van der Waals surface area contributed by atoms with Crippen LogP contribution in [0.25, 0.3) is 0 Å². The number of carbonyl (C=O) groups excluding carboxylic acids is 1. The van der Waals surface area contributed by atoms with Crippen molar-refractivity contribution in [2.75, 3.05) is 31.6 Å². The van der Waals surface area contributed by atoms with Crippen molar-refractivity contribution >= 4 is 11.6 Å². The number of halogens is 3. The van der Waals surface area contributed by atoms with Gasteiger partial charge in [0, 0.05) is 12.2 Å². The van der Waals surface area contributed by atoms with Crippen LogP contribution >= 0.6 is 0 Å². The highest BCUT2D eigenvalue weighted by atomic mass is 19.4. The van der Waals surface area contributed by atoms with Crippen molar-refractivity contribution in [1.82, 2.24) is 4.90 Å². The first-order valence-electron chi connectivity index (χ1n) is 6.67. The summed E-state index contributed by atoms with van der Waals surface area (Å²) in [4.78, 5) is 13.6. The average Bonchev–Trinajstić information content (AvgIpc) is 2.38. The molecule has 1 amide bonds. The first-order chi connectivity index (χ1) is 9.86. The van der Waals surface area contributed by atoms with Crippen molar-refractivity contribution in [3.8, 4) is 0 Å². The Labute approximate surface area is 121 Å². The van der Waals surface area contributed by atoms with Crippen LogP contribution in [0.5, 0.6) is 0 Å². The molecule has 0 fully saturated rings. The van der Waals surface area contributed by atoms with Gasteiger partial charge in [0.1, 0.15) is 0 Å². The number of carbonyl (C=O) groups is 1. The van der Waals surface area contributed by atoms with Crippen molar-refractivity contribution in [3.05, 3.63) is 29.8 Å². The van der Waals surface area contributed by atoms with E-state index in [2.05, 4.69) is 5.32 Å². The van der Waals surface area contributed by atoms with E-state index in [1.807, 2.05) is 6.92 Å². The molecule has 0 atom stereocenters. The molecular formula is C14H19F3N2O2. The van der Waals surface area contributed by atoms with Gasteiger partial charge in [-0.25, -0.2) is 0 Å². The van der Waals surface area contributed by atoms with Crippen molar-refractivity contribution in [3.63, 3.8) is 0 Å². The molecule has 2 N–H and O–H groups in total. The van der Waals surface area contributed by atoms with Crippen LogP contribution in [0.2, 0.25) is 0 Å². The van der Waals surface area contributed by atoms with E-state index >= 15 is 0 Å². The number of aliphatic hydroxyl groups is 1. The number of nitrogens with one attached hydrogen (secondary N) is 1. The lowest BCUT2D eigenvalue weighted by atomic mass is 10.2. The third-order valence-electron chi connectivity index (χ3n) is 2.82. The normalized spacial score (nSPS) is 11.7. The topological polar surface area (TPSA) is 52.6 Å². The molecule has 0 aliphatic rings.